The van der Waals surface area contributed by atoms with Crippen LogP contribution in [0.1, 0.15) is 123 Å². The van der Waals surface area contributed by atoms with Crippen molar-refractivity contribution in [1.29, 1.82) is 0 Å². The summed E-state index contributed by atoms with van der Waals surface area (Å²) in [5.74, 6) is 0. The van der Waals surface area contributed by atoms with Gasteiger partial charge in [-0.1, -0.05) is 110 Å². The minimum absolute atomic E-state index is 0.00570. The Morgan fingerprint density at radius 3 is 1.44 bits per heavy atom. The molecule has 0 radical (unpaired) electrons. The minimum atomic E-state index is -0.00570. The largest absolute Gasteiger partial charge is 0.376 e. The van der Waals surface area contributed by atoms with Crippen LogP contribution in [0.4, 0.5) is 0 Å². The Morgan fingerprint density at radius 2 is 1.04 bits per heavy atom. The van der Waals surface area contributed by atoms with Gasteiger partial charge in [0.25, 0.3) is 0 Å². The molecule has 2 heteroatoms. The van der Waals surface area contributed by atoms with Crippen molar-refractivity contribution in [1.82, 2.24) is 0 Å². The number of hydrogen-bond acceptors (Lipinski definition) is 2. The van der Waals surface area contributed by atoms with Gasteiger partial charge in [0.1, 0.15) is 0 Å². The molecule has 1 fully saturated rings. The zero-order chi connectivity index (χ0) is 18.1. The summed E-state index contributed by atoms with van der Waals surface area (Å²) < 4.78 is 11.4. The molecule has 1 aliphatic rings. The summed E-state index contributed by atoms with van der Waals surface area (Å²) in [6.07, 6.45) is 24.0. The highest BCUT2D eigenvalue weighted by molar-refractivity contribution is 4.77. The van der Waals surface area contributed by atoms with E-state index in [0.717, 1.165) is 26.2 Å². The summed E-state index contributed by atoms with van der Waals surface area (Å²) in [6, 6.07) is 0. The summed E-state index contributed by atoms with van der Waals surface area (Å²) in [7, 11) is 0. The van der Waals surface area contributed by atoms with E-state index in [4.69, 9.17) is 9.47 Å². The van der Waals surface area contributed by atoms with Gasteiger partial charge in [-0.3, -0.25) is 0 Å². The Labute approximate surface area is 158 Å². The van der Waals surface area contributed by atoms with Crippen molar-refractivity contribution in [2.45, 2.75) is 129 Å². The van der Waals surface area contributed by atoms with Gasteiger partial charge in [-0.15, -0.1) is 0 Å². The summed E-state index contributed by atoms with van der Waals surface area (Å²) in [5, 5.41) is 0. The van der Waals surface area contributed by atoms with Crippen LogP contribution in [0.2, 0.25) is 0 Å². The van der Waals surface area contributed by atoms with Crippen LogP contribution in [0.25, 0.3) is 0 Å². The van der Waals surface area contributed by atoms with Crippen molar-refractivity contribution in [3.63, 3.8) is 0 Å². The third-order valence-corrected chi connectivity index (χ3v) is 5.64. The summed E-state index contributed by atoms with van der Waals surface area (Å²) in [5.41, 5.74) is -0.00570. The van der Waals surface area contributed by atoms with Crippen molar-refractivity contribution in [2.75, 3.05) is 19.8 Å². The molecule has 0 aromatic rings. The second-order valence-electron chi connectivity index (χ2n) is 8.40. The molecule has 1 unspecified atom stereocenters. The molecular formula is C23H46O2. The molecular weight excluding hydrogens is 308 g/mol. The lowest BCUT2D eigenvalue weighted by Gasteiger charge is -2.33. The van der Waals surface area contributed by atoms with E-state index >= 15 is 0 Å². The molecule has 0 N–H and O–H groups in total. The van der Waals surface area contributed by atoms with Crippen LogP contribution in [-0.4, -0.2) is 25.4 Å². The molecule has 0 saturated carbocycles. The van der Waals surface area contributed by atoms with Gasteiger partial charge in [0.05, 0.1) is 25.4 Å². The van der Waals surface area contributed by atoms with Crippen molar-refractivity contribution in [3.05, 3.63) is 0 Å². The second kappa shape index (κ2) is 16.1. The van der Waals surface area contributed by atoms with Crippen molar-refractivity contribution >= 4 is 0 Å². The van der Waals surface area contributed by atoms with E-state index in [9.17, 15) is 0 Å². The summed E-state index contributed by atoms with van der Waals surface area (Å²) in [6.45, 7) is 6.83. The van der Waals surface area contributed by atoms with Gasteiger partial charge in [0.15, 0.2) is 0 Å². The average Bonchev–Trinajstić information content (AvgIpc) is 2.62. The fraction of sp³-hybridized carbons (Fsp3) is 1.00. The topological polar surface area (TPSA) is 18.5 Å². The van der Waals surface area contributed by atoms with Crippen LogP contribution in [0, 0.1) is 0 Å². The maximum absolute atomic E-state index is 5.86. The molecule has 0 amide bonds. The maximum Gasteiger partial charge on any atom is 0.0888 e. The molecule has 0 aromatic carbocycles. The Balaban J connectivity index is 1.72. The van der Waals surface area contributed by atoms with Gasteiger partial charge >= 0.3 is 0 Å². The van der Waals surface area contributed by atoms with Crippen LogP contribution in [0.5, 0.6) is 0 Å². The minimum Gasteiger partial charge on any atom is -0.376 e. The normalized spacial score (nSPS) is 20.9. The molecule has 1 heterocycles. The highest BCUT2D eigenvalue weighted by Gasteiger charge is 2.27. The van der Waals surface area contributed by atoms with Gasteiger partial charge in [0.2, 0.25) is 0 Å². The van der Waals surface area contributed by atoms with Gasteiger partial charge in [-0.05, 0) is 13.3 Å². The van der Waals surface area contributed by atoms with E-state index in [1.165, 1.54) is 103 Å². The first-order valence-electron chi connectivity index (χ1n) is 11.5. The molecule has 150 valence electrons. The Morgan fingerprint density at radius 1 is 0.600 bits per heavy atom. The van der Waals surface area contributed by atoms with E-state index in [0.29, 0.717) is 0 Å². The third-order valence-electron chi connectivity index (χ3n) is 5.64. The zero-order valence-electron chi connectivity index (χ0n) is 17.5. The van der Waals surface area contributed by atoms with E-state index < -0.39 is 0 Å². The smallest absolute Gasteiger partial charge is 0.0888 e. The molecule has 1 saturated heterocycles. The Kier molecular flexibility index (Phi) is 14.8. The van der Waals surface area contributed by atoms with Crippen molar-refractivity contribution in [3.8, 4) is 0 Å². The number of hydrogen-bond donors (Lipinski definition) is 0. The zero-order valence-corrected chi connectivity index (χ0v) is 17.5. The van der Waals surface area contributed by atoms with Crippen molar-refractivity contribution in [2.24, 2.45) is 0 Å². The van der Waals surface area contributed by atoms with Crippen LogP contribution in [0.15, 0.2) is 0 Å². The summed E-state index contributed by atoms with van der Waals surface area (Å²) in [4.78, 5) is 0. The van der Waals surface area contributed by atoms with Crippen LogP contribution in [-0.2, 0) is 9.47 Å². The molecule has 0 bridgehead atoms. The lowest BCUT2D eigenvalue weighted by molar-refractivity contribution is -0.151. The first-order valence-corrected chi connectivity index (χ1v) is 11.5. The maximum atomic E-state index is 5.86. The van der Waals surface area contributed by atoms with E-state index in [1.54, 1.807) is 0 Å². The van der Waals surface area contributed by atoms with Gasteiger partial charge in [-0.2, -0.15) is 0 Å². The fourth-order valence-corrected chi connectivity index (χ4v) is 3.87. The number of rotatable bonds is 17. The van der Waals surface area contributed by atoms with Crippen LogP contribution >= 0.6 is 0 Å². The third kappa shape index (κ3) is 13.7. The number of ether oxygens (including phenoxy) is 2. The van der Waals surface area contributed by atoms with Gasteiger partial charge in [-0.25, -0.2) is 0 Å². The Bertz CT molecular complexity index is 271. The quantitative estimate of drug-likeness (QED) is 0.253. The Hall–Kier alpha value is -0.0800. The highest BCUT2D eigenvalue weighted by Crippen LogP contribution is 2.23. The second-order valence-corrected chi connectivity index (χ2v) is 8.40. The molecule has 0 aliphatic carbocycles. The molecule has 2 nitrogen and oxygen atoms in total. The molecule has 0 aromatic heterocycles. The lowest BCUT2D eigenvalue weighted by Crippen LogP contribution is -2.40. The van der Waals surface area contributed by atoms with Crippen molar-refractivity contribution < 1.29 is 9.47 Å². The SMILES string of the molecule is CCCCCCCCCCCCCCCCCCC1(C)COCCO1. The monoisotopic (exact) mass is 354 g/mol. The standard InChI is InChI=1S/C23H46O2/c1-3-4-5-6-7-8-9-10-11-12-13-14-15-16-17-18-19-23(2)22-24-20-21-25-23/h3-22H2,1-2H3. The molecule has 1 aliphatic heterocycles. The first kappa shape index (κ1) is 23.0. The molecule has 25 heavy (non-hydrogen) atoms. The fourth-order valence-electron chi connectivity index (χ4n) is 3.87. The lowest BCUT2D eigenvalue weighted by atomic mass is 9.97. The van der Waals surface area contributed by atoms with E-state index in [2.05, 4.69) is 13.8 Å². The predicted octanol–water partition coefficient (Wildman–Crippen LogP) is 7.44. The van der Waals surface area contributed by atoms with Crippen LogP contribution < -0.4 is 0 Å². The average molecular weight is 355 g/mol. The predicted molar refractivity (Wildman–Crippen MR) is 109 cm³/mol. The van der Waals surface area contributed by atoms with Gasteiger partial charge < -0.3 is 9.47 Å². The van der Waals surface area contributed by atoms with Crippen LogP contribution in [0.3, 0.4) is 0 Å². The number of unbranched alkanes of at least 4 members (excludes halogenated alkanes) is 15. The molecule has 1 rings (SSSR count). The van der Waals surface area contributed by atoms with E-state index in [1.807, 2.05) is 0 Å². The van der Waals surface area contributed by atoms with E-state index in [-0.39, 0.29) is 5.60 Å². The first-order chi connectivity index (χ1) is 12.3. The highest BCUT2D eigenvalue weighted by atomic mass is 16.6. The summed E-state index contributed by atoms with van der Waals surface area (Å²) >= 11 is 0. The molecule has 1 atom stereocenters. The molecule has 0 spiro atoms. The van der Waals surface area contributed by atoms with Gasteiger partial charge in [0, 0.05) is 0 Å².